The Labute approximate surface area is 130 Å². The monoisotopic (exact) mass is 297 g/mol. The smallest absolute Gasteiger partial charge is 0.130 e. The SMILES string of the molecule is Cc1ccc(C)c(Oc2ccc(C=C3CNCS3)cc2)c1. The maximum Gasteiger partial charge on any atom is 0.130 e. The predicted molar refractivity (Wildman–Crippen MR) is 90.9 cm³/mol. The van der Waals surface area contributed by atoms with Crippen molar-refractivity contribution >= 4 is 17.8 Å². The van der Waals surface area contributed by atoms with Crippen molar-refractivity contribution in [3.8, 4) is 11.5 Å². The molecule has 0 aliphatic carbocycles. The van der Waals surface area contributed by atoms with Gasteiger partial charge >= 0.3 is 0 Å². The van der Waals surface area contributed by atoms with Gasteiger partial charge in [0.1, 0.15) is 11.5 Å². The second-order valence-corrected chi connectivity index (χ2v) is 6.37. The fourth-order valence-electron chi connectivity index (χ4n) is 2.22. The van der Waals surface area contributed by atoms with Crippen LogP contribution in [0.15, 0.2) is 47.4 Å². The number of hydrogen-bond acceptors (Lipinski definition) is 3. The quantitative estimate of drug-likeness (QED) is 0.885. The summed E-state index contributed by atoms with van der Waals surface area (Å²) in [5.74, 6) is 2.82. The topological polar surface area (TPSA) is 21.3 Å². The van der Waals surface area contributed by atoms with Crippen molar-refractivity contribution in [3.05, 3.63) is 64.1 Å². The van der Waals surface area contributed by atoms with Crippen molar-refractivity contribution < 1.29 is 4.74 Å². The van der Waals surface area contributed by atoms with Gasteiger partial charge in [0.05, 0.1) is 0 Å². The summed E-state index contributed by atoms with van der Waals surface area (Å²) >= 11 is 1.87. The Hall–Kier alpha value is -1.71. The predicted octanol–water partition coefficient (Wildman–Crippen LogP) is 4.73. The summed E-state index contributed by atoms with van der Waals surface area (Å²) in [6, 6.07) is 14.5. The van der Waals surface area contributed by atoms with Gasteiger partial charge < -0.3 is 10.1 Å². The van der Waals surface area contributed by atoms with Gasteiger partial charge in [-0.25, -0.2) is 0 Å². The van der Waals surface area contributed by atoms with Crippen molar-refractivity contribution in [1.82, 2.24) is 5.32 Å². The fourth-order valence-corrected chi connectivity index (χ4v) is 3.04. The number of hydrogen-bond donors (Lipinski definition) is 1. The largest absolute Gasteiger partial charge is 0.457 e. The van der Waals surface area contributed by atoms with Crippen molar-refractivity contribution in [2.24, 2.45) is 0 Å². The second-order valence-electron chi connectivity index (χ2n) is 5.27. The third kappa shape index (κ3) is 3.69. The van der Waals surface area contributed by atoms with Crippen molar-refractivity contribution in [2.75, 3.05) is 12.4 Å². The van der Waals surface area contributed by atoms with Gasteiger partial charge in [-0.2, -0.15) is 0 Å². The minimum Gasteiger partial charge on any atom is -0.457 e. The first kappa shape index (κ1) is 14.2. The molecular formula is C18H19NOS. The molecular weight excluding hydrogens is 278 g/mol. The van der Waals surface area contributed by atoms with E-state index in [1.54, 1.807) is 0 Å². The first-order chi connectivity index (χ1) is 10.2. The van der Waals surface area contributed by atoms with E-state index in [0.29, 0.717) is 0 Å². The summed E-state index contributed by atoms with van der Waals surface area (Å²) < 4.78 is 5.98. The minimum absolute atomic E-state index is 0.878. The Morgan fingerprint density at radius 3 is 2.62 bits per heavy atom. The summed E-state index contributed by atoms with van der Waals surface area (Å²) in [7, 11) is 0. The van der Waals surface area contributed by atoms with E-state index in [1.807, 2.05) is 23.9 Å². The number of rotatable bonds is 3. The number of nitrogens with one attached hydrogen (secondary N) is 1. The van der Waals surface area contributed by atoms with Gasteiger partial charge in [-0.3, -0.25) is 0 Å². The number of aryl methyl sites for hydroxylation is 2. The normalized spacial score (nSPS) is 16.4. The number of thioether (sulfide) groups is 1. The highest BCUT2D eigenvalue weighted by Crippen LogP contribution is 2.27. The molecule has 108 valence electrons. The summed E-state index contributed by atoms with van der Waals surface area (Å²) in [5, 5.41) is 3.32. The second kappa shape index (κ2) is 6.37. The lowest BCUT2D eigenvalue weighted by Gasteiger charge is -2.09. The van der Waals surface area contributed by atoms with E-state index in [1.165, 1.54) is 16.0 Å². The highest BCUT2D eigenvalue weighted by atomic mass is 32.2. The standard InChI is InChI=1S/C18H19NOS/c1-13-3-4-14(2)18(9-13)20-16-7-5-15(6-8-16)10-17-11-19-12-21-17/h3-10,19H,11-12H2,1-2H3. The number of benzene rings is 2. The van der Waals surface area contributed by atoms with Crippen LogP contribution in [0.1, 0.15) is 16.7 Å². The Morgan fingerprint density at radius 1 is 1.10 bits per heavy atom. The van der Waals surface area contributed by atoms with Crippen LogP contribution >= 0.6 is 11.8 Å². The van der Waals surface area contributed by atoms with Crippen LogP contribution in [0.2, 0.25) is 0 Å². The van der Waals surface area contributed by atoms with Crippen molar-refractivity contribution in [3.63, 3.8) is 0 Å². The van der Waals surface area contributed by atoms with Crippen molar-refractivity contribution in [2.45, 2.75) is 13.8 Å². The zero-order valence-electron chi connectivity index (χ0n) is 12.3. The lowest BCUT2D eigenvalue weighted by atomic mass is 10.1. The van der Waals surface area contributed by atoms with Gasteiger partial charge in [0, 0.05) is 17.3 Å². The van der Waals surface area contributed by atoms with E-state index in [0.717, 1.165) is 29.5 Å². The van der Waals surface area contributed by atoms with Crippen LogP contribution in [0.5, 0.6) is 11.5 Å². The molecule has 1 fully saturated rings. The summed E-state index contributed by atoms with van der Waals surface area (Å²) in [6.45, 7) is 5.12. The molecule has 1 saturated heterocycles. The first-order valence-corrected chi connectivity index (χ1v) is 8.08. The first-order valence-electron chi connectivity index (χ1n) is 7.10. The van der Waals surface area contributed by atoms with E-state index in [2.05, 4.69) is 55.6 Å². The highest BCUT2D eigenvalue weighted by molar-refractivity contribution is 8.03. The van der Waals surface area contributed by atoms with E-state index < -0.39 is 0 Å². The van der Waals surface area contributed by atoms with Crippen LogP contribution in [-0.4, -0.2) is 12.4 Å². The van der Waals surface area contributed by atoms with Crippen LogP contribution < -0.4 is 10.1 Å². The molecule has 0 spiro atoms. The average Bonchev–Trinajstić information content (AvgIpc) is 2.98. The lowest BCUT2D eigenvalue weighted by molar-refractivity contribution is 0.478. The van der Waals surface area contributed by atoms with Gasteiger partial charge in [0.25, 0.3) is 0 Å². The average molecular weight is 297 g/mol. The third-order valence-corrected chi connectivity index (χ3v) is 4.42. The molecule has 21 heavy (non-hydrogen) atoms. The van der Waals surface area contributed by atoms with E-state index >= 15 is 0 Å². The summed E-state index contributed by atoms with van der Waals surface area (Å²) in [6.07, 6.45) is 2.23. The molecule has 1 aliphatic rings. The van der Waals surface area contributed by atoms with E-state index in [4.69, 9.17) is 4.74 Å². The molecule has 3 rings (SSSR count). The third-order valence-electron chi connectivity index (χ3n) is 3.44. The maximum absolute atomic E-state index is 5.98. The van der Waals surface area contributed by atoms with Gasteiger partial charge in [0.15, 0.2) is 0 Å². The minimum atomic E-state index is 0.878. The zero-order valence-corrected chi connectivity index (χ0v) is 13.2. The molecule has 2 aromatic rings. The van der Waals surface area contributed by atoms with Crippen LogP contribution in [-0.2, 0) is 0 Å². The number of ether oxygens (including phenoxy) is 1. The molecule has 0 radical (unpaired) electrons. The van der Waals surface area contributed by atoms with Crippen LogP contribution in [0.25, 0.3) is 6.08 Å². The maximum atomic E-state index is 5.98. The molecule has 3 heteroatoms. The molecule has 0 saturated carbocycles. The Kier molecular flexibility index (Phi) is 4.32. The van der Waals surface area contributed by atoms with Gasteiger partial charge in [-0.15, -0.1) is 11.8 Å². The fraction of sp³-hybridized carbons (Fsp3) is 0.222. The molecule has 2 nitrogen and oxygen atoms in total. The summed E-state index contributed by atoms with van der Waals surface area (Å²) in [5.41, 5.74) is 3.58. The van der Waals surface area contributed by atoms with Crippen molar-refractivity contribution in [1.29, 1.82) is 0 Å². The van der Waals surface area contributed by atoms with Gasteiger partial charge in [-0.05, 0) is 54.8 Å². The molecule has 0 atom stereocenters. The molecule has 2 aromatic carbocycles. The van der Waals surface area contributed by atoms with Gasteiger partial charge in [-0.1, -0.05) is 24.3 Å². The highest BCUT2D eigenvalue weighted by Gasteiger charge is 2.06. The van der Waals surface area contributed by atoms with Crippen LogP contribution in [0.3, 0.4) is 0 Å². The van der Waals surface area contributed by atoms with Crippen LogP contribution in [0.4, 0.5) is 0 Å². The van der Waals surface area contributed by atoms with E-state index in [9.17, 15) is 0 Å². The Bertz CT molecular complexity index is 653. The Balaban J connectivity index is 1.75. The van der Waals surface area contributed by atoms with Crippen LogP contribution in [0, 0.1) is 13.8 Å². The summed E-state index contributed by atoms with van der Waals surface area (Å²) in [4.78, 5) is 1.39. The van der Waals surface area contributed by atoms with E-state index in [-0.39, 0.29) is 0 Å². The molecule has 1 N–H and O–H groups in total. The molecule has 0 amide bonds. The molecule has 0 bridgehead atoms. The molecule has 1 aliphatic heterocycles. The lowest BCUT2D eigenvalue weighted by Crippen LogP contribution is -2.04. The zero-order chi connectivity index (χ0) is 14.7. The molecule has 0 unspecified atom stereocenters. The molecule has 0 aromatic heterocycles. The Morgan fingerprint density at radius 2 is 1.90 bits per heavy atom. The molecule has 1 heterocycles. The van der Waals surface area contributed by atoms with Gasteiger partial charge in [0.2, 0.25) is 0 Å².